The second-order valence-electron chi connectivity index (χ2n) is 5.65. The van der Waals surface area contributed by atoms with Gasteiger partial charge in [0, 0.05) is 22.6 Å². The summed E-state index contributed by atoms with van der Waals surface area (Å²) in [6, 6.07) is 15.0. The van der Waals surface area contributed by atoms with Crippen LogP contribution >= 0.6 is 11.6 Å². The van der Waals surface area contributed by atoms with E-state index in [1.807, 2.05) is 6.07 Å². The molecule has 0 atom stereocenters. The molecule has 142 valence electrons. The first-order chi connectivity index (χ1) is 13.5. The van der Waals surface area contributed by atoms with Crippen molar-refractivity contribution in [1.82, 2.24) is 9.97 Å². The molecule has 0 unspecified atom stereocenters. The second-order valence-corrected chi connectivity index (χ2v) is 6.09. The molecule has 0 saturated heterocycles. The molecule has 8 heteroatoms. The van der Waals surface area contributed by atoms with Crippen molar-refractivity contribution in [3.05, 3.63) is 77.1 Å². The van der Waals surface area contributed by atoms with Crippen molar-refractivity contribution >= 4 is 40.8 Å². The summed E-state index contributed by atoms with van der Waals surface area (Å²) in [5, 5.41) is 6.30. The summed E-state index contributed by atoms with van der Waals surface area (Å²) in [5.41, 5.74) is 1.84. The fourth-order valence-corrected chi connectivity index (χ4v) is 2.53. The molecule has 0 fully saturated rings. The first kappa shape index (κ1) is 19.3. The van der Waals surface area contributed by atoms with Crippen molar-refractivity contribution in [2.45, 2.75) is 6.92 Å². The monoisotopic (exact) mass is 396 g/mol. The minimum Gasteiger partial charge on any atom is -0.462 e. The van der Waals surface area contributed by atoms with Crippen LogP contribution in [0.4, 0.5) is 17.3 Å². The van der Waals surface area contributed by atoms with E-state index >= 15 is 0 Å². The Hall–Kier alpha value is -3.45. The largest absolute Gasteiger partial charge is 0.462 e. The smallest absolute Gasteiger partial charge is 0.338 e. The summed E-state index contributed by atoms with van der Waals surface area (Å²) in [5.74, 6) is -0.541. The molecule has 1 amide bonds. The van der Waals surface area contributed by atoms with Crippen LogP contribution < -0.4 is 10.6 Å². The number of anilines is 3. The molecule has 0 bridgehead atoms. The molecule has 0 spiro atoms. The molecule has 3 rings (SSSR count). The third-order valence-electron chi connectivity index (χ3n) is 3.62. The summed E-state index contributed by atoms with van der Waals surface area (Å²) in [7, 11) is 0. The van der Waals surface area contributed by atoms with Crippen LogP contribution in [0.25, 0.3) is 0 Å². The SMILES string of the molecule is CCOC(=O)c1ccc(NC(=O)c2ccnc(Nc3cccc(Cl)c3)n2)cc1. The predicted octanol–water partition coefficient (Wildman–Crippen LogP) is 4.30. The summed E-state index contributed by atoms with van der Waals surface area (Å²) in [6.07, 6.45) is 1.48. The number of amides is 1. The maximum Gasteiger partial charge on any atom is 0.338 e. The van der Waals surface area contributed by atoms with Crippen molar-refractivity contribution in [1.29, 1.82) is 0 Å². The third kappa shape index (κ3) is 5.05. The van der Waals surface area contributed by atoms with E-state index in [0.717, 1.165) is 0 Å². The summed E-state index contributed by atoms with van der Waals surface area (Å²) in [4.78, 5) is 32.4. The van der Waals surface area contributed by atoms with Gasteiger partial charge in [-0.1, -0.05) is 17.7 Å². The van der Waals surface area contributed by atoms with E-state index in [-0.39, 0.29) is 11.6 Å². The lowest BCUT2D eigenvalue weighted by Crippen LogP contribution is -2.15. The highest BCUT2D eigenvalue weighted by molar-refractivity contribution is 6.30. The molecule has 7 nitrogen and oxygen atoms in total. The van der Waals surface area contributed by atoms with Gasteiger partial charge in [0.2, 0.25) is 5.95 Å². The van der Waals surface area contributed by atoms with Gasteiger partial charge >= 0.3 is 5.97 Å². The number of hydrogen-bond acceptors (Lipinski definition) is 6. The minimum atomic E-state index is -0.409. The van der Waals surface area contributed by atoms with Gasteiger partial charge in [-0.3, -0.25) is 4.79 Å². The van der Waals surface area contributed by atoms with Crippen molar-refractivity contribution in [3.63, 3.8) is 0 Å². The molecular weight excluding hydrogens is 380 g/mol. The predicted molar refractivity (Wildman–Crippen MR) is 107 cm³/mol. The number of rotatable bonds is 6. The average molecular weight is 397 g/mol. The van der Waals surface area contributed by atoms with Crippen molar-refractivity contribution in [2.24, 2.45) is 0 Å². The highest BCUT2D eigenvalue weighted by Gasteiger charge is 2.11. The molecule has 0 aliphatic rings. The maximum atomic E-state index is 12.5. The normalized spacial score (nSPS) is 10.2. The van der Waals surface area contributed by atoms with Gasteiger partial charge in [0.15, 0.2) is 0 Å². The van der Waals surface area contributed by atoms with Gasteiger partial charge < -0.3 is 15.4 Å². The van der Waals surface area contributed by atoms with Crippen LogP contribution in [0.1, 0.15) is 27.8 Å². The molecule has 28 heavy (non-hydrogen) atoms. The van der Waals surface area contributed by atoms with E-state index in [4.69, 9.17) is 16.3 Å². The van der Waals surface area contributed by atoms with Gasteiger partial charge in [0.05, 0.1) is 12.2 Å². The van der Waals surface area contributed by atoms with Crippen LogP contribution in [0.15, 0.2) is 60.8 Å². The van der Waals surface area contributed by atoms with Gasteiger partial charge in [-0.2, -0.15) is 0 Å². The van der Waals surface area contributed by atoms with Gasteiger partial charge in [0.25, 0.3) is 5.91 Å². The number of halogens is 1. The van der Waals surface area contributed by atoms with Crippen LogP contribution in [-0.4, -0.2) is 28.5 Å². The lowest BCUT2D eigenvalue weighted by Gasteiger charge is -2.08. The van der Waals surface area contributed by atoms with Crippen LogP contribution in [0.2, 0.25) is 5.02 Å². The highest BCUT2D eigenvalue weighted by atomic mass is 35.5. The molecule has 2 N–H and O–H groups in total. The highest BCUT2D eigenvalue weighted by Crippen LogP contribution is 2.18. The number of nitrogens with one attached hydrogen (secondary N) is 2. The molecule has 0 radical (unpaired) electrons. The van der Waals surface area contributed by atoms with E-state index in [1.165, 1.54) is 12.3 Å². The second kappa shape index (κ2) is 8.96. The van der Waals surface area contributed by atoms with Crippen molar-refractivity contribution in [3.8, 4) is 0 Å². The summed E-state index contributed by atoms with van der Waals surface area (Å²) >= 11 is 5.96. The first-order valence-corrected chi connectivity index (χ1v) is 8.87. The number of aromatic nitrogens is 2. The van der Waals surface area contributed by atoms with E-state index in [0.29, 0.717) is 28.6 Å². The van der Waals surface area contributed by atoms with Crippen LogP contribution in [0, 0.1) is 0 Å². The zero-order chi connectivity index (χ0) is 19.9. The number of hydrogen-bond donors (Lipinski definition) is 2. The topological polar surface area (TPSA) is 93.2 Å². The van der Waals surface area contributed by atoms with Gasteiger partial charge in [0.1, 0.15) is 5.69 Å². The minimum absolute atomic E-state index is 0.189. The van der Waals surface area contributed by atoms with Gasteiger partial charge in [-0.25, -0.2) is 14.8 Å². The fourth-order valence-electron chi connectivity index (χ4n) is 2.34. The Morgan fingerprint density at radius 3 is 2.57 bits per heavy atom. The molecule has 1 aromatic heterocycles. The van der Waals surface area contributed by atoms with Gasteiger partial charge in [-0.05, 0) is 55.5 Å². The number of esters is 1. The van der Waals surface area contributed by atoms with E-state index in [2.05, 4.69) is 20.6 Å². The fraction of sp³-hybridized carbons (Fsp3) is 0.100. The molecule has 1 heterocycles. The number of ether oxygens (including phenoxy) is 1. The average Bonchev–Trinajstić information content (AvgIpc) is 2.69. The Balaban J connectivity index is 1.68. The maximum absolute atomic E-state index is 12.5. The van der Waals surface area contributed by atoms with E-state index in [1.54, 1.807) is 49.4 Å². The van der Waals surface area contributed by atoms with E-state index < -0.39 is 11.9 Å². The van der Waals surface area contributed by atoms with Gasteiger partial charge in [-0.15, -0.1) is 0 Å². The van der Waals surface area contributed by atoms with E-state index in [9.17, 15) is 9.59 Å². The van der Waals surface area contributed by atoms with Crippen LogP contribution in [-0.2, 0) is 4.74 Å². The number of nitrogens with zero attached hydrogens (tertiary/aromatic N) is 2. The summed E-state index contributed by atoms with van der Waals surface area (Å²) in [6.45, 7) is 2.04. The Labute approximate surface area is 166 Å². The summed E-state index contributed by atoms with van der Waals surface area (Å²) < 4.78 is 4.93. The number of benzene rings is 2. The Morgan fingerprint density at radius 1 is 1.07 bits per heavy atom. The molecule has 2 aromatic carbocycles. The first-order valence-electron chi connectivity index (χ1n) is 8.49. The Morgan fingerprint density at radius 2 is 1.86 bits per heavy atom. The zero-order valence-corrected chi connectivity index (χ0v) is 15.7. The van der Waals surface area contributed by atoms with Crippen LogP contribution in [0.5, 0.6) is 0 Å². The lowest BCUT2D eigenvalue weighted by molar-refractivity contribution is 0.0526. The van der Waals surface area contributed by atoms with Crippen molar-refractivity contribution in [2.75, 3.05) is 17.2 Å². The molecular formula is C20H17ClN4O3. The zero-order valence-electron chi connectivity index (χ0n) is 15.0. The lowest BCUT2D eigenvalue weighted by atomic mass is 10.2. The standard InChI is InChI=1S/C20H17ClN4O3/c1-2-28-19(27)13-6-8-15(9-7-13)23-18(26)17-10-11-22-20(25-17)24-16-5-3-4-14(21)12-16/h3-12H,2H2,1H3,(H,23,26)(H,22,24,25). The molecule has 0 aliphatic carbocycles. The quantitative estimate of drug-likeness (QED) is 0.603. The van der Waals surface area contributed by atoms with Crippen molar-refractivity contribution < 1.29 is 14.3 Å². The number of carbonyl (C=O) groups is 2. The number of carbonyl (C=O) groups excluding carboxylic acids is 2. The molecule has 0 aliphatic heterocycles. The third-order valence-corrected chi connectivity index (χ3v) is 3.86. The Bertz CT molecular complexity index is 993. The Kier molecular flexibility index (Phi) is 6.18. The van der Waals surface area contributed by atoms with Crippen LogP contribution in [0.3, 0.4) is 0 Å². The molecule has 0 saturated carbocycles. The molecule has 3 aromatic rings.